The van der Waals surface area contributed by atoms with E-state index >= 15 is 0 Å². The predicted molar refractivity (Wildman–Crippen MR) is 79.3 cm³/mol. The number of benzene rings is 1. The van der Waals surface area contributed by atoms with Crippen LogP contribution in [-0.2, 0) is 0 Å². The number of rotatable bonds is 1. The smallest absolute Gasteiger partial charge is 0.265 e. The molecule has 0 atom stereocenters. The maximum absolute atomic E-state index is 11.3. The SMILES string of the molecule is Cc1ccc(C2=CSc3sc(=O)sc3S2)cc1. The molecule has 1 aliphatic rings. The Morgan fingerprint density at radius 2 is 1.71 bits per heavy atom. The van der Waals surface area contributed by atoms with Gasteiger partial charge in [-0.2, -0.15) is 0 Å². The molecule has 0 N–H and O–H groups in total. The van der Waals surface area contributed by atoms with Gasteiger partial charge < -0.3 is 0 Å². The number of thioether (sulfide) groups is 2. The van der Waals surface area contributed by atoms with Crippen LogP contribution in [0.1, 0.15) is 11.1 Å². The van der Waals surface area contributed by atoms with E-state index in [1.807, 2.05) is 0 Å². The van der Waals surface area contributed by atoms with E-state index in [0.717, 1.165) is 8.42 Å². The molecule has 0 bridgehead atoms. The molecule has 1 aliphatic heterocycles. The van der Waals surface area contributed by atoms with Crippen molar-refractivity contribution in [1.29, 1.82) is 0 Å². The molecule has 0 saturated carbocycles. The number of hydrogen-bond acceptors (Lipinski definition) is 5. The Kier molecular flexibility index (Phi) is 3.17. The molecule has 0 spiro atoms. The topological polar surface area (TPSA) is 17.1 Å². The minimum Gasteiger partial charge on any atom is -0.265 e. The first-order valence-electron chi connectivity index (χ1n) is 4.98. The third-order valence-corrected chi connectivity index (χ3v) is 7.38. The molecule has 17 heavy (non-hydrogen) atoms. The normalized spacial score (nSPS) is 14.3. The van der Waals surface area contributed by atoms with Crippen LogP contribution in [0, 0.1) is 6.92 Å². The van der Waals surface area contributed by atoms with Crippen LogP contribution in [-0.4, -0.2) is 0 Å². The molecule has 86 valence electrons. The van der Waals surface area contributed by atoms with Crippen LogP contribution in [0.5, 0.6) is 0 Å². The van der Waals surface area contributed by atoms with E-state index < -0.39 is 0 Å². The highest BCUT2D eigenvalue weighted by Crippen LogP contribution is 2.49. The summed E-state index contributed by atoms with van der Waals surface area (Å²) in [7, 11) is 0. The summed E-state index contributed by atoms with van der Waals surface area (Å²) >= 11 is 6.08. The third kappa shape index (κ3) is 2.38. The van der Waals surface area contributed by atoms with Gasteiger partial charge in [0.2, 0.25) is 0 Å². The number of fused-ring (bicyclic) bond motifs is 1. The van der Waals surface area contributed by atoms with Crippen molar-refractivity contribution in [3.63, 3.8) is 0 Å². The molecule has 1 aromatic carbocycles. The summed E-state index contributed by atoms with van der Waals surface area (Å²) in [6.07, 6.45) is 0. The quantitative estimate of drug-likeness (QED) is 0.761. The van der Waals surface area contributed by atoms with Gasteiger partial charge in [0.15, 0.2) is 0 Å². The molecule has 0 radical (unpaired) electrons. The summed E-state index contributed by atoms with van der Waals surface area (Å²) in [4.78, 5) is 12.6. The zero-order valence-electron chi connectivity index (χ0n) is 8.93. The van der Waals surface area contributed by atoms with Crippen molar-refractivity contribution in [2.24, 2.45) is 0 Å². The minimum absolute atomic E-state index is 0.188. The number of aryl methyl sites for hydroxylation is 1. The lowest BCUT2D eigenvalue weighted by Crippen LogP contribution is -1.83. The first-order valence-corrected chi connectivity index (χ1v) is 8.31. The average molecular weight is 296 g/mol. The molecule has 0 unspecified atom stereocenters. The van der Waals surface area contributed by atoms with Crippen molar-refractivity contribution in [2.75, 3.05) is 0 Å². The van der Waals surface area contributed by atoms with Gasteiger partial charge in [-0.3, -0.25) is 4.79 Å². The van der Waals surface area contributed by atoms with Crippen LogP contribution in [0.25, 0.3) is 4.91 Å². The Hall–Kier alpha value is -0.490. The molecule has 5 heteroatoms. The number of hydrogen-bond donors (Lipinski definition) is 0. The highest BCUT2D eigenvalue weighted by atomic mass is 32.2. The average Bonchev–Trinajstić information content (AvgIpc) is 2.69. The fourth-order valence-electron chi connectivity index (χ4n) is 1.47. The molecule has 0 fully saturated rings. The van der Waals surface area contributed by atoms with E-state index in [1.165, 1.54) is 38.7 Å². The summed E-state index contributed by atoms with van der Waals surface area (Å²) in [5, 5.41) is 2.14. The summed E-state index contributed by atoms with van der Waals surface area (Å²) in [6.45, 7) is 2.09. The Morgan fingerprint density at radius 1 is 1.00 bits per heavy atom. The Morgan fingerprint density at radius 3 is 2.47 bits per heavy atom. The molecule has 0 saturated heterocycles. The van der Waals surface area contributed by atoms with Crippen LogP contribution in [0.2, 0.25) is 0 Å². The van der Waals surface area contributed by atoms with Gasteiger partial charge in [-0.25, -0.2) is 0 Å². The minimum atomic E-state index is 0.188. The molecule has 2 heterocycles. The Labute approximate surface area is 116 Å². The van der Waals surface area contributed by atoms with E-state index in [1.54, 1.807) is 23.5 Å². The van der Waals surface area contributed by atoms with Crippen molar-refractivity contribution in [3.05, 3.63) is 49.7 Å². The highest BCUT2D eigenvalue weighted by Gasteiger charge is 2.17. The van der Waals surface area contributed by atoms with Gasteiger partial charge in [0.25, 0.3) is 4.06 Å². The largest absolute Gasteiger partial charge is 0.289 e. The van der Waals surface area contributed by atoms with Gasteiger partial charge in [-0.15, -0.1) is 0 Å². The molecule has 2 aromatic rings. The van der Waals surface area contributed by atoms with Gasteiger partial charge in [0.05, 0.1) is 8.42 Å². The van der Waals surface area contributed by atoms with Crippen molar-refractivity contribution < 1.29 is 0 Å². The van der Waals surface area contributed by atoms with Gasteiger partial charge in [0.1, 0.15) is 0 Å². The van der Waals surface area contributed by atoms with E-state index in [0.29, 0.717) is 0 Å². The summed E-state index contributed by atoms with van der Waals surface area (Å²) in [5.74, 6) is 0. The second-order valence-corrected chi connectivity index (χ2v) is 8.27. The van der Waals surface area contributed by atoms with Crippen LogP contribution in [0.15, 0.2) is 42.9 Å². The second kappa shape index (κ2) is 4.65. The van der Waals surface area contributed by atoms with E-state index in [4.69, 9.17) is 0 Å². The standard InChI is InChI=1S/C12H8OS4/c1-7-2-4-8(5-3-7)9-6-14-10-11(15-9)17-12(13)16-10/h2-6H,1H3. The molecule has 3 rings (SSSR count). The Balaban J connectivity index is 1.94. The maximum atomic E-state index is 11.3. The molecular formula is C12H8OS4. The second-order valence-electron chi connectivity index (χ2n) is 3.60. The van der Waals surface area contributed by atoms with Gasteiger partial charge in [-0.05, 0) is 17.9 Å². The van der Waals surface area contributed by atoms with E-state index in [-0.39, 0.29) is 4.06 Å². The van der Waals surface area contributed by atoms with Crippen molar-refractivity contribution in [1.82, 2.24) is 0 Å². The molecule has 1 nitrogen and oxygen atoms in total. The van der Waals surface area contributed by atoms with Crippen molar-refractivity contribution in [3.8, 4) is 0 Å². The lowest BCUT2D eigenvalue weighted by atomic mass is 10.1. The zero-order chi connectivity index (χ0) is 11.8. The Bertz CT molecular complexity index is 633. The lowest BCUT2D eigenvalue weighted by molar-refractivity contribution is 1.46. The summed E-state index contributed by atoms with van der Waals surface area (Å²) in [6, 6.07) is 8.50. The van der Waals surface area contributed by atoms with E-state index in [2.05, 4.69) is 36.6 Å². The van der Waals surface area contributed by atoms with Gasteiger partial charge in [0, 0.05) is 4.91 Å². The zero-order valence-corrected chi connectivity index (χ0v) is 12.2. The first-order chi connectivity index (χ1) is 8.22. The summed E-state index contributed by atoms with van der Waals surface area (Å²) < 4.78 is 2.47. The fourth-order valence-corrected chi connectivity index (χ4v) is 6.50. The van der Waals surface area contributed by atoms with Crippen LogP contribution in [0.3, 0.4) is 0 Å². The maximum Gasteiger partial charge on any atom is 0.289 e. The molecule has 0 aliphatic carbocycles. The monoisotopic (exact) mass is 296 g/mol. The predicted octanol–water partition coefficient (Wildman–Crippen LogP) is 4.67. The van der Waals surface area contributed by atoms with Crippen LogP contribution >= 0.6 is 46.2 Å². The third-order valence-electron chi connectivity index (χ3n) is 2.33. The van der Waals surface area contributed by atoms with Crippen molar-refractivity contribution >= 4 is 51.1 Å². The fraction of sp³-hybridized carbons (Fsp3) is 0.0833. The molecule has 0 amide bonds. The molecule has 1 aromatic heterocycles. The van der Waals surface area contributed by atoms with Gasteiger partial charge in [-0.1, -0.05) is 76.0 Å². The van der Waals surface area contributed by atoms with Crippen LogP contribution in [0.4, 0.5) is 0 Å². The van der Waals surface area contributed by atoms with Gasteiger partial charge >= 0.3 is 0 Å². The van der Waals surface area contributed by atoms with E-state index in [9.17, 15) is 4.79 Å². The highest BCUT2D eigenvalue weighted by molar-refractivity contribution is 8.14. The molecular weight excluding hydrogens is 288 g/mol. The summed E-state index contributed by atoms with van der Waals surface area (Å²) in [5.41, 5.74) is 2.49. The van der Waals surface area contributed by atoms with Crippen molar-refractivity contribution in [2.45, 2.75) is 15.3 Å². The first kappa shape index (κ1) is 11.6. The lowest BCUT2D eigenvalue weighted by Gasteiger charge is -2.11. The van der Waals surface area contributed by atoms with Crippen LogP contribution < -0.4 is 4.06 Å².